The fraction of sp³-hybridized carbons (Fsp3) is 0.571. The molecular formula is C14H19F3N4O. The molecule has 0 spiro atoms. The van der Waals surface area contributed by atoms with Gasteiger partial charge in [0.25, 0.3) is 0 Å². The molecule has 0 radical (unpaired) electrons. The Balaban J connectivity index is 2.02. The molecule has 2 heterocycles. The summed E-state index contributed by atoms with van der Waals surface area (Å²) in [6.45, 7) is 5.88. The molecule has 1 aromatic rings. The minimum atomic E-state index is -4.38. The fourth-order valence-corrected chi connectivity index (χ4v) is 2.39. The van der Waals surface area contributed by atoms with Crippen molar-refractivity contribution in [1.82, 2.24) is 9.88 Å². The number of anilines is 1. The van der Waals surface area contributed by atoms with Crippen molar-refractivity contribution in [3.63, 3.8) is 0 Å². The summed E-state index contributed by atoms with van der Waals surface area (Å²) in [5.74, 6) is 0.109. The Hall–Kier alpha value is -1.83. The quantitative estimate of drug-likeness (QED) is 0.918. The third-order valence-corrected chi connectivity index (χ3v) is 4.07. The van der Waals surface area contributed by atoms with Crippen molar-refractivity contribution in [3.05, 3.63) is 23.9 Å². The molecule has 0 aliphatic carbocycles. The zero-order valence-electron chi connectivity index (χ0n) is 12.5. The molecule has 1 saturated heterocycles. The molecule has 122 valence electrons. The topological polar surface area (TPSA) is 62.5 Å². The summed E-state index contributed by atoms with van der Waals surface area (Å²) in [5.41, 5.74) is 3.90. The molecule has 0 unspecified atom stereocenters. The van der Waals surface area contributed by atoms with Gasteiger partial charge >= 0.3 is 6.18 Å². The molecule has 1 aromatic heterocycles. The summed E-state index contributed by atoms with van der Waals surface area (Å²) in [5, 5.41) is 0. The molecule has 5 nitrogen and oxygen atoms in total. The number of primary amides is 1. The van der Waals surface area contributed by atoms with E-state index in [1.807, 2.05) is 9.80 Å². The summed E-state index contributed by atoms with van der Waals surface area (Å²) in [4.78, 5) is 19.2. The maximum atomic E-state index is 12.5. The summed E-state index contributed by atoms with van der Waals surface area (Å²) in [7, 11) is 0. The van der Waals surface area contributed by atoms with Crippen LogP contribution in [0.15, 0.2) is 18.3 Å². The van der Waals surface area contributed by atoms with Gasteiger partial charge in [-0.05, 0) is 26.0 Å². The van der Waals surface area contributed by atoms with Gasteiger partial charge in [0.1, 0.15) is 5.82 Å². The Morgan fingerprint density at radius 1 is 1.18 bits per heavy atom. The smallest absolute Gasteiger partial charge is 0.368 e. The van der Waals surface area contributed by atoms with Crippen LogP contribution in [0.4, 0.5) is 19.0 Å². The molecule has 1 fully saturated rings. The van der Waals surface area contributed by atoms with Gasteiger partial charge in [0.05, 0.1) is 11.1 Å². The lowest BCUT2D eigenvalue weighted by Crippen LogP contribution is -2.59. The van der Waals surface area contributed by atoms with Gasteiger partial charge in [0, 0.05) is 32.4 Å². The van der Waals surface area contributed by atoms with Crippen LogP contribution in [0.3, 0.4) is 0 Å². The van der Waals surface area contributed by atoms with Gasteiger partial charge in [-0.2, -0.15) is 13.2 Å². The summed E-state index contributed by atoms with van der Waals surface area (Å²) >= 11 is 0. The molecule has 1 aliphatic rings. The number of hydrogen-bond acceptors (Lipinski definition) is 4. The van der Waals surface area contributed by atoms with Crippen LogP contribution in [0.5, 0.6) is 0 Å². The van der Waals surface area contributed by atoms with Crippen molar-refractivity contribution in [2.24, 2.45) is 5.73 Å². The monoisotopic (exact) mass is 316 g/mol. The van der Waals surface area contributed by atoms with Gasteiger partial charge in [0.2, 0.25) is 5.91 Å². The Morgan fingerprint density at radius 3 is 2.18 bits per heavy atom. The van der Waals surface area contributed by atoms with E-state index in [0.717, 1.165) is 12.3 Å². The highest BCUT2D eigenvalue weighted by Crippen LogP contribution is 2.29. The molecular weight excluding hydrogens is 297 g/mol. The molecule has 2 rings (SSSR count). The summed E-state index contributed by atoms with van der Waals surface area (Å²) in [6.07, 6.45) is -3.54. The largest absolute Gasteiger partial charge is 0.417 e. The molecule has 22 heavy (non-hydrogen) atoms. The highest BCUT2D eigenvalue weighted by Gasteiger charge is 2.35. The first-order chi connectivity index (χ1) is 10.1. The molecule has 0 saturated carbocycles. The number of nitrogens with two attached hydrogens (primary N) is 1. The van der Waals surface area contributed by atoms with Gasteiger partial charge in [-0.15, -0.1) is 0 Å². The van der Waals surface area contributed by atoms with Crippen LogP contribution in [0.2, 0.25) is 0 Å². The summed E-state index contributed by atoms with van der Waals surface area (Å²) in [6, 6.07) is 2.40. The van der Waals surface area contributed by atoms with E-state index in [1.54, 1.807) is 13.8 Å². The number of carbonyl (C=O) groups is 1. The van der Waals surface area contributed by atoms with E-state index in [1.165, 1.54) is 6.07 Å². The predicted octanol–water partition coefficient (Wildman–Crippen LogP) is 1.49. The van der Waals surface area contributed by atoms with E-state index >= 15 is 0 Å². The SMILES string of the molecule is CC(C)(C(N)=O)N1CCN(c2ccc(C(F)(F)F)cn2)CC1. The number of piperazine rings is 1. The van der Waals surface area contributed by atoms with Crippen LogP contribution in [0.1, 0.15) is 19.4 Å². The second kappa shape index (κ2) is 5.75. The Kier molecular flexibility index (Phi) is 4.32. The number of nitrogens with zero attached hydrogens (tertiary/aromatic N) is 3. The lowest BCUT2D eigenvalue weighted by molar-refractivity contribution is -0.137. The van der Waals surface area contributed by atoms with Gasteiger partial charge < -0.3 is 10.6 Å². The zero-order valence-corrected chi connectivity index (χ0v) is 12.5. The van der Waals surface area contributed by atoms with E-state index in [9.17, 15) is 18.0 Å². The number of amides is 1. The second-order valence-corrected chi connectivity index (χ2v) is 5.80. The fourth-order valence-electron chi connectivity index (χ4n) is 2.39. The highest BCUT2D eigenvalue weighted by atomic mass is 19.4. The van der Waals surface area contributed by atoms with Crippen molar-refractivity contribution in [2.75, 3.05) is 31.1 Å². The van der Waals surface area contributed by atoms with Crippen molar-refractivity contribution >= 4 is 11.7 Å². The van der Waals surface area contributed by atoms with Gasteiger partial charge in [-0.25, -0.2) is 4.98 Å². The number of hydrogen-bond donors (Lipinski definition) is 1. The number of carbonyl (C=O) groups excluding carboxylic acids is 1. The number of alkyl halides is 3. The lowest BCUT2D eigenvalue weighted by Gasteiger charge is -2.42. The Morgan fingerprint density at radius 2 is 1.77 bits per heavy atom. The van der Waals surface area contributed by atoms with E-state index in [2.05, 4.69) is 4.98 Å². The summed E-state index contributed by atoms with van der Waals surface area (Å²) < 4.78 is 37.5. The zero-order chi connectivity index (χ0) is 16.5. The van der Waals surface area contributed by atoms with Crippen molar-refractivity contribution in [3.8, 4) is 0 Å². The molecule has 0 atom stereocenters. The first kappa shape index (κ1) is 16.5. The normalized spacial score (nSPS) is 17.6. The average molecular weight is 316 g/mol. The Labute approximate surface area is 126 Å². The van der Waals surface area contributed by atoms with Crippen molar-refractivity contribution < 1.29 is 18.0 Å². The van der Waals surface area contributed by atoms with Crippen LogP contribution in [-0.2, 0) is 11.0 Å². The number of rotatable bonds is 3. The van der Waals surface area contributed by atoms with Crippen LogP contribution in [0, 0.1) is 0 Å². The third kappa shape index (κ3) is 3.32. The molecule has 0 aromatic carbocycles. The van der Waals surface area contributed by atoms with Crippen LogP contribution < -0.4 is 10.6 Å². The number of pyridine rings is 1. The van der Waals surface area contributed by atoms with E-state index in [4.69, 9.17) is 5.73 Å². The molecule has 1 amide bonds. The van der Waals surface area contributed by atoms with Gasteiger partial charge in [0.15, 0.2) is 0 Å². The van der Waals surface area contributed by atoms with Gasteiger partial charge in [-0.1, -0.05) is 0 Å². The van der Waals surface area contributed by atoms with Crippen LogP contribution in [0.25, 0.3) is 0 Å². The highest BCUT2D eigenvalue weighted by molar-refractivity contribution is 5.83. The first-order valence-electron chi connectivity index (χ1n) is 6.95. The van der Waals surface area contributed by atoms with E-state index in [0.29, 0.717) is 32.0 Å². The van der Waals surface area contributed by atoms with Crippen molar-refractivity contribution in [2.45, 2.75) is 25.6 Å². The Bertz CT molecular complexity index is 534. The van der Waals surface area contributed by atoms with Crippen LogP contribution >= 0.6 is 0 Å². The van der Waals surface area contributed by atoms with E-state index in [-0.39, 0.29) is 0 Å². The number of halogens is 3. The van der Waals surface area contributed by atoms with E-state index < -0.39 is 23.2 Å². The predicted molar refractivity (Wildman–Crippen MR) is 76.3 cm³/mol. The molecule has 0 bridgehead atoms. The van der Waals surface area contributed by atoms with Gasteiger partial charge in [-0.3, -0.25) is 9.69 Å². The average Bonchev–Trinajstić information content (AvgIpc) is 2.46. The minimum Gasteiger partial charge on any atom is -0.368 e. The molecule has 2 N–H and O–H groups in total. The third-order valence-electron chi connectivity index (χ3n) is 4.07. The lowest BCUT2D eigenvalue weighted by atomic mass is 10.0. The van der Waals surface area contributed by atoms with Crippen molar-refractivity contribution in [1.29, 1.82) is 0 Å². The maximum absolute atomic E-state index is 12.5. The molecule has 1 aliphatic heterocycles. The number of aromatic nitrogens is 1. The maximum Gasteiger partial charge on any atom is 0.417 e. The first-order valence-corrected chi connectivity index (χ1v) is 6.95. The van der Waals surface area contributed by atoms with Crippen LogP contribution in [-0.4, -0.2) is 47.5 Å². The minimum absolute atomic E-state index is 0.395. The second-order valence-electron chi connectivity index (χ2n) is 5.80. The standard InChI is InChI=1S/C14H19F3N4O/c1-13(2,12(18)22)21-7-5-20(6-8-21)11-4-3-10(9-19-11)14(15,16)17/h3-4,9H,5-8H2,1-2H3,(H2,18,22). The molecule has 8 heteroatoms.